The van der Waals surface area contributed by atoms with E-state index < -0.39 is 16.1 Å². The zero-order valence-electron chi connectivity index (χ0n) is 13.9. The standard InChI is InChI=1S/C15H24N4O3S/c1-11(2)18-10-16-12-6-9-19(23(3,21)22)14(13(12)18)15(20)17-7-4-5-8-17/h10-11,14H,4-9H2,1-3H3. The molecule has 1 amide bonds. The molecule has 1 unspecified atom stereocenters. The van der Waals surface area contributed by atoms with Crippen LogP contribution in [0.15, 0.2) is 6.33 Å². The monoisotopic (exact) mass is 340 g/mol. The van der Waals surface area contributed by atoms with E-state index in [1.807, 2.05) is 18.4 Å². The van der Waals surface area contributed by atoms with Crippen molar-refractivity contribution in [2.45, 2.75) is 45.2 Å². The maximum atomic E-state index is 13.1. The van der Waals surface area contributed by atoms with E-state index in [9.17, 15) is 13.2 Å². The third kappa shape index (κ3) is 2.89. The fraction of sp³-hybridized carbons (Fsp3) is 0.733. The lowest BCUT2D eigenvalue weighted by Gasteiger charge is -2.36. The maximum Gasteiger partial charge on any atom is 0.247 e. The summed E-state index contributed by atoms with van der Waals surface area (Å²) in [6, 6.07) is -0.656. The van der Waals surface area contributed by atoms with Crippen LogP contribution in [0.25, 0.3) is 0 Å². The van der Waals surface area contributed by atoms with Crippen LogP contribution in [0.3, 0.4) is 0 Å². The van der Waals surface area contributed by atoms with Gasteiger partial charge in [0.1, 0.15) is 6.04 Å². The molecule has 1 saturated heterocycles. The third-order valence-corrected chi connectivity index (χ3v) is 5.91. The molecule has 0 spiro atoms. The minimum atomic E-state index is -3.47. The van der Waals surface area contributed by atoms with Crippen LogP contribution in [0.1, 0.15) is 50.2 Å². The van der Waals surface area contributed by atoms with Crippen molar-refractivity contribution in [3.05, 3.63) is 17.7 Å². The van der Waals surface area contributed by atoms with E-state index in [-0.39, 0.29) is 11.9 Å². The van der Waals surface area contributed by atoms with Gasteiger partial charge >= 0.3 is 0 Å². The lowest BCUT2D eigenvalue weighted by Crippen LogP contribution is -2.48. The first-order valence-corrected chi connectivity index (χ1v) is 9.96. The van der Waals surface area contributed by atoms with Crippen molar-refractivity contribution in [3.8, 4) is 0 Å². The molecule has 0 N–H and O–H groups in total. The molecule has 2 aliphatic rings. The number of carbonyl (C=O) groups is 1. The van der Waals surface area contributed by atoms with Gasteiger partial charge in [0.2, 0.25) is 15.9 Å². The van der Waals surface area contributed by atoms with Crippen LogP contribution in [-0.2, 0) is 21.2 Å². The van der Waals surface area contributed by atoms with Gasteiger partial charge in [0.25, 0.3) is 0 Å². The fourth-order valence-corrected chi connectivity index (χ4v) is 4.50. The molecule has 8 heteroatoms. The molecular formula is C15H24N4O3S. The Morgan fingerprint density at radius 1 is 1.26 bits per heavy atom. The minimum absolute atomic E-state index is 0.115. The molecule has 3 heterocycles. The van der Waals surface area contributed by atoms with E-state index in [2.05, 4.69) is 4.98 Å². The summed E-state index contributed by atoms with van der Waals surface area (Å²) in [4.78, 5) is 19.3. The van der Waals surface area contributed by atoms with E-state index >= 15 is 0 Å². The molecule has 128 valence electrons. The Labute approximate surface area is 137 Å². The number of carbonyl (C=O) groups excluding carboxylic acids is 1. The van der Waals surface area contributed by atoms with Crippen molar-refractivity contribution in [1.29, 1.82) is 0 Å². The number of rotatable bonds is 3. The summed E-state index contributed by atoms with van der Waals surface area (Å²) in [6.45, 7) is 5.75. The Morgan fingerprint density at radius 2 is 1.91 bits per heavy atom. The van der Waals surface area contributed by atoms with Crippen LogP contribution >= 0.6 is 0 Å². The summed E-state index contributed by atoms with van der Waals surface area (Å²) >= 11 is 0. The van der Waals surface area contributed by atoms with Gasteiger partial charge in [0.05, 0.1) is 24.0 Å². The van der Waals surface area contributed by atoms with Crippen LogP contribution in [0.4, 0.5) is 0 Å². The Kier molecular flexibility index (Phi) is 4.22. The van der Waals surface area contributed by atoms with E-state index in [1.165, 1.54) is 10.6 Å². The van der Waals surface area contributed by atoms with Crippen LogP contribution < -0.4 is 0 Å². The zero-order valence-corrected chi connectivity index (χ0v) is 14.7. The average molecular weight is 340 g/mol. The first kappa shape index (κ1) is 16.4. The zero-order chi connectivity index (χ0) is 16.8. The Morgan fingerprint density at radius 3 is 2.48 bits per heavy atom. The quantitative estimate of drug-likeness (QED) is 0.821. The highest BCUT2D eigenvalue weighted by Crippen LogP contribution is 2.34. The predicted molar refractivity (Wildman–Crippen MR) is 86.4 cm³/mol. The van der Waals surface area contributed by atoms with Crippen molar-refractivity contribution < 1.29 is 13.2 Å². The second-order valence-electron chi connectivity index (χ2n) is 6.64. The summed E-state index contributed by atoms with van der Waals surface area (Å²) < 4.78 is 27.8. The van der Waals surface area contributed by atoms with Gasteiger partial charge in [-0.15, -0.1) is 0 Å². The number of aromatic nitrogens is 2. The third-order valence-electron chi connectivity index (χ3n) is 4.66. The molecular weight excluding hydrogens is 316 g/mol. The summed E-state index contributed by atoms with van der Waals surface area (Å²) in [5.41, 5.74) is 1.59. The van der Waals surface area contributed by atoms with Gasteiger partial charge in [0, 0.05) is 32.1 Å². The van der Waals surface area contributed by atoms with Crippen LogP contribution in [0, 0.1) is 0 Å². The van der Waals surface area contributed by atoms with Crippen molar-refractivity contribution in [3.63, 3.8) is 0 Å². The summed E-state index contributed by atoms with van der Waals surface area (Å²) in [6.07, 6.45) is 5.41. The summed E-state index contributed by atoms with van der Waals surface area (Å²) in [5, 5.41) is 0. The fourth-order valence-electron chi connectivity index (χ4n) is 3.50. The number of nitrogens with zero attached hydrogens (tertiary/aromatic N) is 4. The smallest absolute Gasteiger partial charge is 0.247 e. The van der Waals surface area contributed by atoms with E-state index in [0.29, 0.717) is 26.1 Å². The van der Waals surface area contributed by atoms with Gasteiger partial charge in [-0.1, -0.05) is 0 Å². The van der Waals surface area contributed by atoms with Crippen molar-refractivity contribution in [2.75, 3.05) is 25.9 Å². The molecule has 1 fully saturated rings. The summed E-state index contributed by atoms with van der Waals surface area (Å²) in [5.74, 6) is -0.115. The molecule has 1 aromatic heterocycles. The number of imidazole rings is 1. The molecule has 0 aromatic carbocycles. The van der Waals surface area contributed by atoms with Crippen molar-refractivity contribution >= 4 is 15.9 Å². The molecule has 0 saturated carbocycles. The maximum absolute atomic E-state index is 13.1. The van der Waals surface area contributed by atoms with E-state index in [1.54, 1.807) is 11.2 Å². The highest BCUT2D eigenvalue weighted by atomic mass is 32.2. The molecule has 0 bridgehead atoms. The second kappa shape index (κ2) is 5.90. The molecule has 7 nitrogen and oxygen atoms in total. The Bertz CT molecular complexity index is 704. The highest BCUT2D eigenvalue weighted by molar-refractivity contribution is 7.88. The molecule has 0 radical (unpaired) electrons. The first-order valence-electron chi connectivity index (χ1n) is 8.12. The van der Waals surface area contributed by atoms with Crippen molar-refractivity contribution in [2.24, 2.45) is 0 Å². The summed E-state index contributed by atoms with van der Waals surface area (Å²) in [7, 11) is -3.47. The number of amides is 1. The van der Waals surface area contributed by atoms with Crippen molar-refractivity contribution in [1.82, 2.24) is 18.8 Å². The number of sulfonamides is 1. The number of hydrogen-bond acceptors (Lipinski definition) is 4. The van der Waals surface area contributed by atoms with Crippen LogP contribution in [0.5, 0.6) is 0 Å². The Balaban J connectivity index is 2.09. The Hall–Kier alpha value is -1.41. The molecule has 1 aromatic rings. The van der Waals surface area contributed by atoms with Gasteiger partial charge in [-0.05, 0) is 26.7 Å². The second-order valence-corrected chi connectivity index (χ2v) is 8.57. The molecule has 1 atom stereocenters. The minimum Gasteiger partial charge on any atom is -0.341 e. The average Bonchev–Trinajstić information content (AvgIpc) is 3.13. The van der Waals surface area contributed by atoms with E-state index in [0.717, 1.165) is 24.2 Å². The van der Waals surface area contributed by atoms with E-state index in [4.69, 9.17) is 0 Å². The van der Waals surface area contributed by atoms with Gasteiger partial charge in [-0.2, -0.15) is 4.31 Å². The normalized spacial score (nSPS) is 22.6. The van der Waals surface area contributed by atoms with Gasteiger partial charge in [-0.3, -0.25) is 4.79 Å². The SMILES string of the molecule is CC(C)n1cnc2c1C(C(=O)N1CCCC1)N(S(C)(=O)=O)CC2. The van der Waals surface area contributed by atoms with Gasteiger partial charge < -0.3 is 9.47 Å². The molecule has 3 rings (SSSR count). The predicted octanol–water partition coefficient (Wildman–Crippen LogP) is 0.945. The number of hydrogen-bond donors (Lipinski definition) is 0. The highest BCUT2D eigenvalue weighted by Gasteiger charge is 2.43. The number of fused-ring (bicyclic) bond motifs is 1. The molecule has 2 aliphatic heterocycles. The largest absolute Gasteiger partial charge is 0.341 e. The molecule has 23 heavy (non-hydrogen) atoms. The van der Waals surface area contributed by atoms with Crippen LogP contribution in [0.2, 0.25) is 0 Å². The lowest BCUT2D eigenvalue weighted by molar-refractivity contribution is -0.135. The van der Waals surface area contributed by atoms with Gasteiger partial charge in [-0.25, -0.2) is 13.4 Å². The number of likely N-dealkylation sites (tertiary alicyclic amines) is 1. The van der Waals surface area contributed by atoms with Crippen LogP contribution in [-0.4, -0.2) is 59.0 Å². The topological polar surface area (TPSA) is 75.5 Å². The first-order chi connectivity index (χ1) is 10.8. The van der Waals surface area contributed by atoms with Gasteiger partial charge in [0.15, 0.2) is 0 Å². The molecule has 0 aliphatic carbocycles. The lowest BCUT2D eigenvalue weighted by atomic mass is 10.0.